The number of amides is 1. The number of nitrogens with zero attached hydrogens (tertiary/aromatic N) is 2. The van der Waals surface area contributed by atoms with Gasteiger partial charge in [-0.05, 0) is 61.5 Å². The number of thioether (sulfide) groups is 1. The van der Waals surface area contributed by atoms with Crippen LogP contribution in [0, 0.1) is 6.92 Å². The molecule has 1 aliphatic rings. The molecule has 0 spiro atoms. The Balaban J connectivity index is 1.88. The summed E-state index contributed by atoms with van der Waals surface area (Å²) >= 11 is 1.37. The van der Waals surface area contributed by atoms with E-state index in [4.69, 9.17) is 9.47 Å². The summed E-state index contributed by atoms with van der Waals surface area (Å²) in [5, 5.41) is 0.661. The molecule has 27 heavy (non-hydrogen) atoms. The molecule has 0 N–H and O–H groups in total. The Morgan fingerprint density at radius 1 is 1.15 bits per heavy atom. The summed E-state index contributed by atoms with van der Waals surface area (Å²) in [5.41, 5.74) is 2.87. The Morgan fingerprint density at radius 2 is 1.89 bits per heavy atom. The van der Waals surface area contributed by atoms with E-state index in [9.17, 15) is 4.79 Å². The summed E-state index contributed by atoms with van der Waals surface area (Å²) < 4.78 is 10.9. The number of amidine groups is 1. The number of rotatable bonds is 5. The van der Waals surface area contributed by atoms with E-state index in [2.05, 4.69) is 4.99 Å². The Morgan fingerprint density at radius 3 is 2.56 bits per heavy atom. The second-order valence-electron chi connectivity index (χ2n) is 6.05. The molecule has 6 heteroatoms. The lowest BCUT2D eigenvalue weighted by Gasteiger charge is -2.09. The van der Waals surface area contributed by atoms with Gasteiger partial charge >= 0.3 is 0 Å². The van der Waals surface area contributed by atoms with E-state index in [0.717, 1.165) is 11.3 Å². The lowest BCUT2D eigenvalue weighted by molar-refractivity contribution is -0.121. The number of methoxy groups -OCH3 is 1. The first-order valence-corrected chi connectivity index (χ1v) is 9.47. The van der Waals surface area contributed by atoms with E-state index >= 15 is 0 Å². The van der Waals surface area contributed by atoms with Gasteiger partial charge in [0.25, 0.3) is 5.91 Å². The van der Waals surface area contributed by atoms with Gasteiger partial charge in [0.05, 0.1) is 24.3 Å². The summed E-state index contributed by atoms with van der Waals surface area (Å²) in [6.45, 7) is 4.49. The molecule has 0 bridgehead atoms. The minimum atomic E-state index is -0.0698. The van der Waals surface area contributed by atoms with Gasteiger partial charge in [-0.25, -0.2) is 4.99 Å². The fourth-order valence-corrected chi connectivity index (χ4v) is 3.57. The van der Waals surface area contributed by atoms with Crippen LogP contribution in [-0.4, -0.2) is 36.7 Å². The summed E-state index contributed by atoms with van der Waals surface area (Å²) in [7, 11) is 3.35. The zero-order valence-electron chi connectivity index (χ0n) is 15.9. The molecule has 0 saturated carbocycles. The molecule has 1 fully saturated rings. The normalized spacial score (nSPS) is 17.0. The molecule has 0 radical (unpaired) electrons. The van der Waals surface area contributed by atoms with Gasteiger partial charge < -0.3 is 9.47 Å². The Bertz CT molecular complexity index is 904. The molecule has 0 aliphatic carbocycles. The van der Waals surface area contributed by atoms with Crippen LogP contribution >= 0.6 is 11.8 Å². The van der Waals surface area contributed by atoms with Crippen LogP contribution in [0.25, 0.3) is 6.08 Å². The number of likely N-dealkylation sites (N-methyl/N-ethyl adjacent to an activating group) is 1. The molecule has 2 aromatic carbocycles. The minimum Gasteiger partial charge on any atom is -0.493 e. The fourth-order valence-electron chi connectivity index (χ4n) is 2.58. The summed E-state index contributed by atoms with van der Waals surface area (Å²) in [5.74, 6) is 1.26. The fraction of sp³-hybridized carbons (Fsp3) is 0.238. The molecule has 2 aromatic rings. The standard InChI is InChI=1S/C21H22N2O3S/c1-5-26-18-12-15(8-11-17(18)25-4)13-19-20(24)23(3)21(27-19)22-16-9-6-14(2)7-10-16/h6-13H,5H2,1-4H3/b19-13+,22-21?. The zero-order valence-corrected chi connectivity index (χ0v) is 16.7. The molecule has 5 nitrogen and oxygen atoms in total. The second-order valence-corrected chi connectivity index (χ2v) is 7.06. The van der Waals surface area contributed by atoms with Gasteiger partial charge in [0.15, 0.2) is 16.7 Å². The summed E-state index contributed by atoms with van der Waals surface area (Å²) in [4.78, 5) is 19.4. The van der Waals surface area contributed by atoms with Gasteiger partial charge in [-0.2, -0.15) is 0 Å². The average Bonchev–Trinajstić information content (AvgIpc) is 2.92. The van der Waals surface area contributed by atoms with Gasteiger partial charge in [0.2, 0.25) is 0 Å². The molecular weight excluding hydrogens is 360 g/mol. The van der Waals surface area contributed by atoms with Crippen LogP contribution in [0.4, 0.5) is 5.69 Å². The number of aryl methyl sites for hydroxylation is 1. The van der Waals surface area contributed by atoms with Crippen LogP contribution in [0.3, 0.4) is 0 Å². The van der Waals surface area contributed by atoms with Crippen LogP contribution < -0.4 is 9.47 Å². The maximum atomic E-state index is 12.6. The SMILES string of the molecule is CCOc1cc(/C=C2/SC(=Nc3ccc(C)cc3)N(C)C2=O)ccc1OC. The zero-order chi connectivity index (χ0) is 19.4. The predicted octanol–water partition coefficient (Wildman–Crippen LogP) is 4.64. The molecule has 1 heterocycles. The van der Waals surface area contributed by atoms with Crippen LogP contribution in [0.1, 0.15) is 18.1 Å². The summed E-state index contributed by atoms with van der Waals surface area (Å²) in [6.07, 6.45) is 1.85. The number of ether oxygens (including phenoxy) is 2. The number of carbonyl (C=O) groups is 1. The van der Waals surface area contributed by atoms with E-state index in [-0.39, 0.29) is 5.91 Å². The molecule has 0 atom stereocenters. The predicted molar refractivity (Wildman–Crippen MR) is 111 cm³/mol. The van der Waals surface area contributed by atoms with Crippen molar-refractivity contribution in [3.8, 4) is 11.5 Å². The molecule has 0 unspecified atom stereocenters. The molecule has 3 rings (SSSR count). The van der Waals surface area contributed by atoms with Gasteiger partial charge in [-0.1, -0.05) is 23.8 Å². The molecular formula is C21H22N2O3S. The van der Waals surface area contributed by atoms with E-state index in [1.54, 1.807) is 19.1 Å². The third kappa shape index (κ3) is 4.34. The largest absolute Gasteiger partial charge is 0.493 e. The van der Waals surface area contributed by atoms with Crippen LogP contribution in [0.2, 0.25) is 0 Å². The number of aliphatic imine (C=N–C) groups is 1. The van der Waals surface area contributed by atoms with Crippen LogP contribution in [-0.2, 0) is 4.79 Å². The molecule has 1 amide bonds. The first kappa shape index (κ1) is 19.0. The van der Waals surface area contributed by atoms with Crippen molar-refractivity contribution in [3.63, 3.8) is 0 Å². The first-order valence-electron chi connectivity index (χ1n) is 8.65. The highest BCUT2D eigenvalue weighted by molar-refractivity contribution is 8.18. The third-order valence-electron chi connectivity index (χ3n) is 4.05. The maximum absolute atomic E-state index is 12.6. The van der Waals surface area contributed by atoms with Crippen molar-refractivity contribution in [2.24, 2.45) is 4.99 Å². The van der Waals surface area contributed by atoms with Crippen LogP contribution in [0.15, 0.2) is 52.4 Å². The third-order valence-corrected chi connectivity index (χ3v) is 5.11. The Kier molecular flexibility index (Phi) is 5.86. The highest BCUT2D eigenvalue weighted by Crippen LogP contribution is 2.35. The van der Waals surface area contributed by atoms with Gasteiger partial charge in [0, 0.05) is 7.05 Å². The quantitative estimate of drug-likeness (QED) is 0.707. The van der Waals surface area contributed by atoms with Gasteiger partial charge in [-0.15, -0.1) is 0 Å². The maximum Gasteiger partial charge on any atom is 0.266 e. The average molecular weight is 382 g/mol. The van der Waals surface area contributed by atoms with Crippen molar-refractivity contribution in [2.75, 3.05) is 20.8 Å². The van der Waals surface area contributed by atoms with E-state index in [0.29, 0.717) is 28.2 Å². The number of hydrogen-bond acceptors (Lipinski definition) is 5. The van der Waals surface area contributed by atoms with Crippen molar-refractivity contribution < 1.29 is 14.3 Å². The molecule has 140 valence electrons. The van der Waals surface area contributed by atoms with Gasteiger partial charge in [-0.3, -0.25) is 9.69 Å². The van der Waals surface area contributed by atoms with Crippen molar-refractivity contribution in [2.45, 2.75) is 13.8 Å². The number of benzene rings is 2. The van der Waals surface area contributed by atoms with Crippen molar-refractivity contribution in [1.29, 1.82) is 0 Å². The Labute approximate surface area is 163 Å². The highest BCUT2D eigenvalue weighted by Gasteiger charge is 2.30. The van der Waals surface area contributed by atoms with E-state index in [1.165, 1.54) is 17.3 Å². The lowest BCUT2D eigenvalue weighted by Crippen LogP contribution is -2.23. The van der Waals surface area contributed by atoms with Crippen molar-refractivity contribution >= 4 is 34.6 Å². The van der Waals surface area contributed by atoms with Crippen molar-refractivity contribution in [3.05, 3.63) is 58.5 Å². The number of hydrogen-bond donors (Lipinski definition) is 0. The molecule has 0 aromatic heterocycles. The Hall–Kier alpha value is -2.73. The first-order chi connectivity index (χ1) is 13.0. The summed E-state index contributed by atoms with van der Waals surface area (Å²) in [6, 6.07) is 13.5. The van der Waals surface area contributed by atoms with E-state index in [1.807, 2.05) is 62.4 Å². The smallest absolute Gasteiger partial charge is 0.266 e. The van der Waals surface area contributed by atoms with Crippen molar-refractivity contribution in [1.82, 2.24) is 4.90 Å². The molecule has 1 saturated heterocycles. The highest BCUT2D eigenvalue weighted by atomic mass is 32.2. The topological polar surface area (TPSA) is 51.1 Å². The van der Waals surface area contributed by atoms with Crippen LogP contribution in [0.5, 0.6) is 11.5 Å². The lowest BCUT2D eigenvalue weighted by atomic mass is 10.2. The van der Waals surface area contributed by atoms with Gasteiger partial charge in [0.1, 0.15) is 0 Å². The number of carbonyl (C=O) groups excluding carboxylic acids is 1. The molecule has 1 aliphatic heterocycles. The minimum absolute atomic E-state index is 0.0698. The monoisotopic (exact) mass is 382 g/mol. The second kappa shape index (κ2) is 8.31. The van der Waals surface area contributed by atoms with E-state index < -0.39 is 0 Å².